The van der Waals surface area contributed by atoms with Crippen molar-refractivity contribution in [3.63, 3.8) is 0 Å². The minimum absolute atomic E-state index is 0.643. The number of nitrogens with two attached hydrogens (primary N) is 1. The average molecular weight is 280 g/mol. The fourth-order valence-corrected chi connectivity index (χ4v) is 3.08. The molecular weight excluding hydrogens is 264 g/mol. The first-order chi connectivity index (χ1) is 9.78. The molecule has 0 saturated carbocycles. The van der Waals surface area contributed by atoms with Gasteiger partial charge in [-0.25, -0.2) is 4.98 Å². The van der Waals surface area contributed by atoms with Gasteiger partial charge < -0.3 is 5.73 Å². The van der Waals surface area contributed by atoms with Gasteiger partial charge in [0, 0.05) is 10.4 Å². The molecule has 2 nitrogen and oxygen atoms in total. The predicted molar refractivity (Wildman–Crippen MR) is 86.8 cm³/mol. The Morgan fingerprint density at radius 2 is 1.50 bits per heavy atom. The molecule has 100 valence electrons. The van der Waals surface area contributed by atoms with E-state index in [1.165, 1.54) is 16.0 Å². The number of hydrogen-bond donors (Lipinski definition) is 1. The maximum absolute atomic E-state index is 5.82. The Morgan fingerprint density at radius 1 is 0.900 bits per heavy atom. The van der Waals surface area contributed by atoms with E-state index < -0.39 is 0 Å². The molecule has 0 aliphatic rings. The van der Waals surface area contributed by atoms with E-state index in [1.54, 1.807) is 11.3 Å². The van der Waals surface area contributed by atoms with Gasteiger partial charge in [-0.05, 0) is 17.5 Å². The summed E-state index contributed by atoms with van der Waals surface area (Å²) in [5, 5.41) is 0.643. The van der Waals surface area contributed by atoms with Crippen LogP contribution < -0.4 is 5.73 Å². The van der Waals surface area contributed by atoms with Crippen LogP contribution in [0.4, 0.5) is 5.13 Å². The van der Waals surface area contributed by atoms with E-state index in [9.17, 15) is 0 Å². The highest BCUT2D eigenvalue weighted by Crippen LogP contribution is 2.31. The van der Waals surface area contributed by atoms with Crippen molar-refractivity contribution in [2.75, 3.05) is 5.73 Å². The van der Waals surface area contributed by atoms with Crippen molar-refractivity contribution in [2.24, 2.45) is 0 Å². The molecule has 0 aliphatic carbocycles. The monoisotopic (exact) mass is 280 g/mol. The Hall–Kier alpha value is -2.13. The second-order valence-electron chi connectivity index (χ2n) is 4.62. The van der Waals surface area contributed by atoms with Crippen molar-refractivity contribution >= 4 is 16.5 Å². The van der Waals surface area contributed by atoms with Crippen molar-refractivity contribution in [1.82, 2.24) is 4.98 Å². The molecule has 0 aliphatic heterocycles. The number of aryl methyl sites for hydroxylation is 1. The molecular formula is C17H16N2S. The molecule has 1 heterocycles. The lowest BCUT2D eigenvalue weighted by atomic mass is 10.0. The van der Waals surface area contributed by atoms with E-state index >= 15 is 0 Å². The summed E-state index contributed by atoms with van der Waals surface area (Å²) in [6.45, 7) is 2.13. The van der Waals surface area contributed by atoms with Gasteiger partial charge in [0.1, 0.15) is 0 Å². The molecule has 0 saturated heterocycles. The van der Waals surface area contributed by atoms with Crippen molar-refractivity contribution in [3.8, 4) is 22.4 Å². The van der Waals surface area contributed by atoms with E-state index in [1.807, 2.05) is 6.07 Å². The number of rotatable bonds is 3. The largest absolute Gasteiger partial charge is 0.375 e. The van der Waals surface area contributed by atoms with Crippen molar-refractivity contribution in [3.05, 3.63) is 59.5 Å². The van der Waals surface area contributed by atoms with E-state index in [4.69, 9.17) is 5.73 Å². The number of anilines is 1. The van der Waals surface area contributed by atoms with Crippen LogP contribution in [0.25, 0.3) is 22.4 Å². The average Bonchev–Trinajstić information content (AvgIpc) is 2.89. The second kappa shape index (κ2) is 5.47. The van der Waals surface area contributed by atoms with E-state index in [0.29, 0.717) is 5.13 Å². The van der Waals surface area contributed by atoms with Crippen LogP contribution >= 0.6 is 11.3 Å². The van der Waals surface area contributed by atoms with Crippen LogP contribution in [0.1, 0.15) is 11.8 Å². The number of benzene rings is 2. The van der Waals surface area contributed by atoms with Crippen LogP contribution in [0.2, 0.25) is 0 Å². The van der Waals surface area contributed by atoms with Crippen LogP contribution in [0, 0.1) is 0 Å². The third-order valence-electron chi connectivity index (χ3n) is 3.30. The van der Waals surface area contributed by atoms with Gasteiger partial charge in [0.2, 0.25) is 0 Å². The fraction of sp³-hybridized carbons (Fsp3) is 0.118. The standard InChI is InChI=1S/C17H16N2S/c1-2-15-16(19-17(18)20-15)14-10-8-13(9-11-14)12-6-4-3-5-7-12/h3-11H,2H2,1H3,(H2,18,19). The zero-order valence-corrected chi connectivity index (χ0v) is 12.2. The molecule has 2 aromatic carbocycles. The molecule has 1 aromatic heterocycles. The first kappa shape index (κ1) is 12.9. The summed E-state index contributed by atoms with van der Waals surface area (Å²) in [6.07, 6.45) is 0.963. The zero-order chi connectivity index (χ0) is 13.9. The molecule has 0 bridgehead atoms. The summed E-state index contributed by atoms with van der Waals surface area (Å²) < 4.78 is 0. The molecule has 3 heteroatoms. The quantitative estimate of drug-likeness (QED) is 0.760. The maximum Gasteiger partial charge on any atom is 0.180 e. The third-order valence-corrected chi connectivity index (χ3v) is 4.33. The first-order valence-electron chi connectivity index (χ1n) is 6.69. The van der Waals surface area contributed by atoms with Gasteiger partial charge in [-0.15, -0.1) is 11.3 Å². The predicted octanol–water partition coefficient (Wildman–Crippen LogP) is 4.62. The van der Waals surface area contributed by atoms with E-state index in [-0.39, 0.29) is 0 Å². The molecule has 0 fully saturated rings. The van der Waals surface area contributed by atoms with Gasteiger partial charge in [-0.2, -0.15) is 0 Å². The Kier molecular flexibility index (Phi) is 3.52. The Morgan fingerprint density at radius 3 is 2.15 bits per heavy atom. The van der Waals surface area contributed by atoms with Gasteiger partial charge >= 0.3 is 0 Å². The zero-order valence-electron chi connectivity index (χ0n) is 11.3. The summed E-state index contributed by atoms with van der Waals surface area (Å²) in [5.41, 5.74) is 10.4. The van der Waals surface area contributed by atoms with E-state index in [2.05, 4.69) is 60.4 Å². The van der Waals surface area contributed by atoms with Gasteiger partial charge in [-0.3, -0.25) is 0 Å². The number of hydrogen-bond acceptors (Lipinski definition) is 3. The minimum atomic E-state index is 0.643. The number of nitrogen functional groups attached to an aromatic ring is 1. The summed E-state index contributed by atoms with van der Waals surface area (Å²) in [4.78, 5) is 5.70. The van der Waals surface area contributed by atoms with Crippen LogP contribution in [0.3, 0.4) is 0 Å². The lowest BCUT2D eigenvalue weighted by Crippen LogP contribution is -1.86. The molecule has 0 atom stereocenters. The first-order valence-corrected chi connectivity index (χ1v) is 7.50. The summed E-state index contributed by atoms with van der Waals surface area (Å²) in [6, 6.07) is 18.9. The SMILES string of the molecule is CCc1sc(N)nc1-c1ccc(-c2ccccc2)cc1. The highest BCUT2D eigenvalue weighted by Gasteiger charge is 2.10. The normalized spacial score (nSPS) is 10.7. The van der Waals surface area contributed by atoms with Crippen LogP contribution in [-0.2, 0) is 6.42 Å². The molecule has 0 amide bonds. The van der Waals surface area contributed by atoms with Crippen LogP contribution in [0.5, 0.6) is 0 Å². The number of aromatic nitrogens is 1. The maximum atomic E-state index is 5.82. The smallest absolute Gasteiger partial charge is 0.180 e. The molecule has 3 rings (SSSR count). The molecule has 0 unspecified atom stereocenters. The van der Waals surface area contributed by atoms with Gasteiger partial charge in [0.05, 0.1) is 5.69 Å². The van der Waals surface area contributed by atoms with E-state index in [0.717, 1.165) is 17.7 Å². The molecule has 0 spiro atoms. The minimum Gasteiger partial charge on any atom is -0.375 e. The number of nitrogens with zero attached hydrogens (tertiary/aromatic N) is 1. The lowest BCUT2D eigenvalue weighted by molar-refractivity contribution is 1.17. The van der Waals surface area contributed by atoms with Crippen LogP contribution in [0.15, 0.2) is 54.6 Å². The summed E-state index contributed by atoms with van der Waals surface area (Å²) >= 11 is 1.58. The highest BCUT2D eigenvalue weighted by atomic mass is 32.1. The van der Waals surface area contributed by atoms with Crippen molar-refractivity contribution in [1.29, 1.82) is 0 Å². The molecule has 3 aromatic rings. The van der Waals surface area contributed by atoms with Crippen molar-refractivity contribution < 1.29 is 0 Å². The number of thiazole rings is 1. The van der Waals surface area contributed by atoms with Gasteiger partial charge in [0.15, 0.2) is 5.13 Å². The Bertz CT molecular complexity index is 700. The molecule has 0 radical (unpaired) electrons. The van der Waals surface area contributed by atoms with Gasteiger partial charge in [-0.1, -0.05) is 61.5 Å². The second-order valence-corrected chi connectivity index (χ2v) is 5.74. The van der Waals surface area contributed by atoms with Crippen molar-refractivity contribution in [2.45, 2.75) is 13.3 Å². The topological polar surface area (TPSA) is 38.9 Å². The summed E-state index contributed by atoms with van der Waals surface area (Å²) in [7, 11) is 0. The fourth-order valence-electron chi connectivity index (χ4n) is 2.29. The third kappa shape index (κ3) is 2.45. The molecule has 2 N–H and O–H groups in total. The van der Waals surface area contributed by atoms with Gasteiger partial charge in [0.25, 0.3) is 0 Å². The van der Waals surface area contributed by atoms with Crippen LogP contribution in [-0.4, -0.2) is 4.98 Å². The summed E-state index contributed by atoms with van der Waals surface area (Å²) in [5.74, 6) is 0. The highest BCUT2D eigenvalue weighted by molar-refractivity contribution is 7.15. The Balaban J connectivity index is 1.97. The molecule has 20 heavy (non-hydrogen) atoms. The Labute approximate surface area is 122 Å². The lowest BCUT2D eigenvalue weighted by Gasteiger charge is -2.04.